The molecule has 0 aliphatic heterocycles. The molecule has 0 aliphatic carbocycles. The molecule has 1 atom stereocenters. The van der Waals surface area contributed by atoms with Crippen molar-refractivity contribution in [2.24, 2.45) is 0 Å². The van der Waals surface area contributed by atoms with Gasteiger partial charge < -0.3 is 0 Å². The van der Waals surface area contributed by atoms with E-state index in [4.69, 9.17) is 0 Å². The average Bonchev–Trinajstić information content (AvgIpc) is 1.86. The quantitative estimate of drug-likeness (QED) is 0.566. The minimum Gasteiger partial charge on any atom is -0.289 e. The first kappa shape index (κ1) is 8.36. The molecule has 0 rings (SSSR count). The first-order valence-corrected chi connectivity index (χ1v) is 3.89. The Labute approximate surface area is 54.3 Å². The molecule has 0 fully saturated rings. The Kier molecular flexibility index (Phi) is 2.58. The van der Waals surface area contributed by atoms with E-state index in [1.807, 2.05) is 0 Å². The van der Waals surface area contributed by atoms with Crippen LogP contribution in [0.1, 0.15) is 6.92 Å². The summed E-state index contributed by atoms with van der Waals surface area (Å²) >= 11 is 0. The predicted octanol–water partition coefficient (Wildman–Crippen LogP) is 0.0429. The van der Waals surface area contributed by atoms with Gasteiger partial charge in [-0.05, 0) is 6.92 Å². The number of sulfone groups is 1. The lowest BCUT2D eigenvalue weighted by atomic mass is 10.5. The third kappa shape index (κ3) is 1.97. The van der Waals surface area contributed by atoms with Crippen molar-refractivity contribution in [3.8, 4) is 0 Å². The van der Waals surface area contributed by atoms with Crippen LogP contribution in [0.2, 0.25) is 0 Å². The van der Waals surface area contributed by atoms with E-state index in [0.29, 0.717) is 0 Å². The van der Waals surface area contributed by atoms with Crippen LogP contribution in [-0.2, 0) is 14.6 Å². The summed E-state index contributed by atoms with van der Waals surface area (Å²) in [7, 11) is -3.41. The fourth-order valence-corrected chi connectivity index (χ4v) is 0.634. The Hall–Kier alpha value is -0.640. The van der Waals surface area contributed by atoms with Gasteiger partial charge in [0.1, 0.15) is 5.25 Å². The van der Waals surface area contributed by atoms with E-state index in [9.17, 15) is 13.2 Å². The summed E-state index contributed by atoms with van der Waals surface area (Å²) in [5, 5.41) is -0.335. The highest BCUT2D eigenvalue weighted by molar-refractivity contribution is 7.95. The number of hydrogen-bond acceptors (Lipinski definition) is 3. The second-order valence-electron chi connectivity index (χ2n) is 1.52. The van der Waals surface area contributed by atoms with Crippen molar-refractivity contribution in [1.82, 2.24) is 0 Å². The van der Waals surface area contributed by atoms with Gasteiger partial charge in [0.2, 0.25) is 6.29 Å². The van der Waals surface area contributed by atoms with E-state index in [2.05, 4.69) is 6.58 Å². The van der Waals surface area contributed by atoms with Gasteiger partial charge in [0.05, 0.1) is 0 Å². The van der Waals surface area contributed by atoms with E-state index >= 15 is 0 Å². The molecular weight excluding hydrogens is 140 g/mol. The summed E-state index contributed by atoms with van der Waals surface area (Å²) in [5.41, 5.74) is 0. The van der Waals surface area contributed by atoms with Gasteiger partial charge >= 0.3 is 0 Å². The molecule has 0 heterocycles. The summed E-state index contributed by atoms with van der Waals surface area (Å²) in [6.07, 6.45) is 1.35. The predicted molar refractivity (Wildman–Crippen MR) is 34.3 cm³/mol. The zero-order valence-corrected chi connectivity index (χ0v) is 5.81. The topological polar surface area (TPSA) is 51.2 Å². The Morgan fingerprint density at radius 1 is 1.67 bits per heavy atom. The van der Waals surface area contributed by atoms with E-state index in [-0.39, 0.29) is 0 Å². The van der Waals surface area contributed by atoms with Crippen LogP contribution in [0.15, 0.2) is 12.0 Å². The van der Waals surface area contributed by atoms with Gasteiger partial charge in [0, 0.05) is 5.41 Å². The minimum absolute atomic E-state index is 0.753. The summed E-state index contributed by atoms with van der Waals surface area (Å²) in [5.74, 6) is 0. The lowest BCUT2D eigenvalue weighted by Crippen LogP contribution is -2.15. The maximum Gasteiger partial charge on any atom is 0.217 e. The average molecular weight is 147 g/mol. The maximum absolute atomic E-state index is 10.5. The molecule has 51 valence electrons. The molecule has 1 unspecified atom stereocenters. The SMILES string of the molecule is C=CS(=O)(=O)C(C)[C]=O. The summed E-state index contributed by atoms with van der Waals surface area (Å²) in [4.78, 5) is 9.76. The number of rotatable bonds is 3. The monoisotopic (exact) mass is 147 g/mol. The third-order valence-corrected chi connectivity index (χ3v) is 2.44. The first-order chi connectivity index (χ1) is 4.04. The Morgan fingerprint density at radius 2 is 2.11 bits per heavy atom. The zero-order valence-electron chi connectivity index (χ0n) is 4.99. The van der Waals surface area contributed by atoms with Gasteiger partial charge in [-0.2, -0.15) is 0 Å². The molecule has 0 aromatic carbocycles. The third-order valence-electron chi connectivity index (χ3n) is 0.891. The van der Waals surface area contributed by atoms with Gasteiger partial charge in [0.25, 0.3) is 0 Å². The molecule has 9 heavy (non-hydrogen) atoms. The maximum atomic E-state index is 10.5. The molecule has 4 heteroatoms. The Morgan fingerprint density at radius 3 is 2.22 bits per heavy atom. The van der Waals surface area contributed by atoms with E-state index < -0.39 is 15.1 Å². The standard InChI is InChI=1S/C5H7O3S/c1-3-9(7,8)5(2)4-6/h3,5H,1H2,2H3. The molecule has 0 amide bonds. The fraction of sp³-hybridized carbons (Fsp3) is 0.400. The molecule has 3 nitrogen and oxygen atoms in total. The van der Waals surface area contributed by atoms with Gasteiger partial charge in [-0.25, -0.2) is 8.42 Å². The van der Waals surface area contributed by atoms with E-state index in [0.717, 1.165) is 5.41 Å². The molecule has 0 saturated heterocycles. The smallest absolute Gasteiger partial charge is 0.217 e. The molecule has 0 N–H and O–H groups in total. The first-order valence-electron chi connectivity index (χ1n) is 2.28. The molecule has 0 aromatic heterocycles. The normalized spacial score (nSPS) is 14.3. The van der Waals surface area contributed by atoms with Crippen molar-refractivity contribution >= 4 is 16.1 Å². The lowest BCUT2D eigenvalue weighted by Gasteiger charge is -1.95. The Balaban J connectivity index is 4.54. The largest absolute Gasteiger partial charge is 0.289 e. The van der Waals surface area contributed by atoms with Crippen molar-refractivity contribution in [3.05, 3.63) is 12.0 Å². The lowest BCUT2D eigenvalue weighted by molar-refractivity contribution is 0.549. The van der Waals surface area contributed by atoms with Gasteiger partial charge in [-0.3, -0.25) is 4.79 Å². The minimum atomic E-state index is -3.41. The summed E-state index contributed by atoms with van der Waals surface area (Å²) in [6.45, 7) is 4.29. The van der Waals surface area contributed by atoms with Crippen LogP contribution in [-0.4, -0.2) is 20.0 Å². The van der Waals surface area contributed by atoms with Crippen LogP contribution >= 0.6 is 0 Å². The van der Waals surface area contributed by atoms with Gasteiger partial charge in [-0.15, -0.1) is 0 Å². The Bertz CT molecular complexity index is 202. The molecule has 0 bridgehead atoms. The van der Waals surface area contributed by atoms with Crippen molar-refractivity contribution in [3.63, 3.8) is 0 Å². The molecule has 1 radical (unpaired) electrons. The van der Waals surface area contributed by atoms with Gasteiger partial charge in [0.15, 0.2) is 9.84 Å². The second-order valence-corrected chi connectivity index (χ2v) is 3.73. The van der Waals surface area contributed by atoms with Crippen LogP contribution in [0.4, 0.5) is 0 Å². The fourth-order valence-electron chi connectivity index (χ4n) is 0.211. The van der Waals surface area contributed by atoms with Crippen LogP contribution in [0, 0.1) is 0 Å². The van der Waals surface area contributed by atoms with Crippen molar-refractivity contribution < 1.29 is 13.2 Å². The van der Waals surface area contributed by atoms with Crippen LogP contribution in [0.5, 0.6) is 0 Å². The number of carbonyl (C=O) groups excluding carboxylic acids is 1. The highest BCUT2D eigenvalue weighted by atomic mass is 32.2. The van der Waals surface area contributed by atoms with Crippen LogP contribution in [0.3, 0.4) is 0 Å². The van der Waals surface area contributed by atoms with Crippen molar-refractivity contribution in [2.45, 2.75) is 12.2 Å². The summed E-state index contributed by atoms with van der Waals surface area (Å²) in [6, 6.07) is 0. The van der Waals surface area contributed by atoms with E-state index in [1.165, 1.54) is 13.2 Å². The van der Waals surface area contributed by atoms with Crippen LogP contribution in [0.25, 0.3) is 0 Å². The molecule has 0 aliphatic rings. The highest BCUT2D eigenvalue weighted by Crippen LogP contribution is 1.97. The van der Waals surface area contributed by atoms with Gasteiger partial charge in [-0.1, -0.05) is 6.58 Å². The second kappa shape index (κ2) is 2.77. The molecular formula is C5H7O3S. The molecule has 0 spiro atoms. The molecule has 0 aromatic rings. The zero-order chi connectivity index (χ0) is 7.49. The van der Waals surface area contributed by atoms with Crippen LogP contribution < -0.4 is 0 Å². The summed E-state index contributed by atoms with van der Waals surface area (Å²) < 4.78 is 21.1. The van der Waals surface area contributed by atoms with Crippen molar-refractivity contribution in [2.75, 3.05) is 0 Å². The van der Waals surface area contributed by atoms with E-state index in [1.54, 1.807) is 0 Å². The van der Waals surface area contributed by atoms with Crippen molar-refractivity contribution in [1.29, 1.82) is 0 Å². The number of hydrogen-bond donors (Lipinski definition) is 0. The highest BCUT2D eigenvalue weighted by Gasteiger charge is 2.15. The molecule has 0 saturated carbocycles.